The number of hydrogen-bond acceptors (Lipinski definition) is 3. The van der Waals surface area contributed by atoms with Crippen molar-refractivity contribution < 1.29 is 17.7 Å². The van der Waals surface area contributed by atoms with Gasteiger partial charge in [0.15, 0.2) is 0 Å². The van der Waals surface area contributed by atoms with Crippen molar-refractivity contribution in [2.75, 3.05) is 0 Å². The second-order valence-electron chi connectivity index (χ2n) is 2.79. The third-order valence-electron chi connectivity index (χ3n) is 1.52. The molecule has 1 aromatic rings. The van der Waals surface area contributed by atoms with Gasteiger partial charge in [0.1, 0.15) is 11.8 Å². The summed E-state index contributed by atoms with van der Waals surface area (Å²) in [6, 6.07) is -0.453. The minimum atomic E-state index is -4.39. The van der Waals surface area contributed by atoms with E-state index in [9.17, 15) is 13.2 Å². The monoisotopic (exact) mass is 194 g/mol. The Balaban J connectivity index is 2.60. The average Bonchev–Trinajstić information content (AvgIpc) is 2.33. The molecule has 3 nitrogen and oxygen atoms in total. The number of halogens is 3. The largest absolute Gasteiger partial charge is 0.404 e. The lowest BCUT2D eigenvalue weighted by molar-refractivity contribution is -0.148. The molecular weight excluding hydrogens is 185 g/mol. The highest BCUT2D eigenvalue weighted by Crippen LogP contribution is 2.21. The molecule has 2 N–H and O–H groups in total. The summed E-state index contributed by atoms with van der Waals surface area (Å²) in [4.78, 5) is 0. The second-order valence-corrected chi connectivity index (χ2v) is 2.79. The van der Waals surface area contributed by atoms with E-state index in [1.165, 1.54) is 6.07 Å². The summed E-state index contributed by atoms with van der Waals surface area (Å²) < 4.78 is 40.5. The van der Waals surface area contributed by atoms with Gasteiger partial charge in [-0.25, -0.2) is 0 Å². The molecule has 0 aliphatic heterocycles. The van der Waals surface area contributed by atoms with Crippen LogP contribution in [0.1, 0.15) is 11.5 Å². The number of rotatable bonds is 2. The van der Waals surface area contributed by atoms with E-state index in [1.54, 1.807) is 6.92 Å². The molecule has 1 rings (SSSR count). The summed E-state index contributed by atoms with van der Waals surface area (Å²) in [5.41, 5.74) is 5.42. The fraction of sp³-hybridized carbons (Fsp3) is 0.571. The van der Waals surface area contributed by atoms with Crippen molar-refractivity contribution in [1.29, 1.82) is 0 Å². The Bertz CT molecular complexity index is 282. The maximum Gasteiger partial charge on any atom is 0.404 e. The van der Waals surface area contributed by atoms with Gasteiger partial charge in [-0.2, -0.15) is 13.2 Å². The summed E-state index contributed by atoms with van der Waals surface area (Å²) >= 11 is 0. The zero-order chi connectivity index (χ0) is 10.1. The van der Waals surface area contributed by atoms with Crippen molar-refractivity contribution in [3.63, 3.8) is 0 Å². The molecule has 0 amide bonds. The lowest BCUT2D eigenvalue weighted by atomic mass is 10.2. The summed E-state index contributed by atoms with van der Waals surface area (Å²) in [5, 5.41) is 3.45. The number of aromatic nitrogens is 1. The molecule has 0 aliphatic carbocycles. The molecule has 0 aliphatic rings. The van der Waals surface area contributed by atoms with Gasteiger partial charge in [-0.3, -0.25) is 0 Å². The van der Waals surface area contributed by atoms with Gasteiger partial charge < -0.3 is 10.3 Å². The van der Waals surface area contributed by atoms with Crippen molar-refractivity contribution in [2.45, 2.75) is 25.6 Å². The van der Waals surface area contributed by atoms with Crippen molar-refractivity contribution in [3.8, 4) is 0 Å². The van der Waals surface area contributed by atoms with E-state index in [2.05, 4.69) is 9.68 Å². The van der Waals surface area contributed by atoms with Crippen LogP contribution in [0.4, 0.5) is 13.2 Å². The van der Waals surface area contributed by atoms with Crippen molar-refractivity contribution in [1.82, 2.24) is 5.16 Å². The first-order valence-corrected chi connectivity index (χ1v) is 3.64. The van der Waals surface area contributed by atoms with Gasteiger partial charge in [0.2, 0.25) is 0 Å². The Morgan fingerprint density at radius 3 is 2.62 bits per heavy atom. The topological polar surface area (TPSA) is 52.0 Å². The normalized spacial score (nSPS) is 14.5. The van der Waals surface area contributed by atoms with Gasteiger partial charge in [0.25, 0.3) is 0 Å². The van der Waals surface area contributed by atoms with Crippen LogP contribution < -0.4 is 5.73 Å². The third-order valence-corrected chi connectivity index (χ3v) is 1.52. The van der Waals surface area contributed by atoms with Crippen molar-refractivity contribution in [3.05, 3.63) is 17.5 Å². The number of hydrogen-bond donors (Lipinski definition) is 1. The molecule has 0 bridgehead atoms. The molecule has 1 unspecified atom stereocenters. The fourth-order valence-electron chi connectivity index (χ4n) is 0.845. The molecule has 1 heterocycles. The van der Waals surface area contributed by atoms with E-state index in [-0.39, 0.29) is 12.2 Å². The molecule has 13 heavy (non-hydrogen) atoms. The highest BCUT2D eigenvalue weighted by molar-refractivity contribution is 5.05. The first kappa shape index (κ1) is 10.0. The Morgan fingerprint density at radius 1 is 1.62 bits per heavy atom. The third kappa shape index (κ3) is 2.73. The van der Waals surface area contributed by atoms with Crippen LogP contribution in [0, 0.1) is 6.92 Å². The first-order chi connectivity index (χ1) is 5.89. The predicted molar refractivity (Wildman–Crippen MR) is 39.0 cm³/mol. The second kappa shape index (κ2) is 3.37. The van der Waals surface area contributed by atoms with Crippen LogP contribution in [0.3, 0.4) is 0 Å². The van der Waals surface area contributed by atoms with E-state index in [0.717, 1.165) is 0 Å². The Morgan fingerprint density at radius 2 is 2.23 bits per heavy atom. The van der Waals surface area contributed by atoms with Crippen LogP contribution in [-0.4, -0.2) is 17.4 Å². The summed E-state index contributed by atoms with van der Waals surface area (Å²) in [5.74, 6) is 0.155. The maximum absolute atomic E-state index is 12.0. The minimum Gasteiger partial charge on any atom is -0.361 e. The van der Waals surface area contributed by atoms with Crippen LogP contribution in [0.5, 0.6) is 0 Å². The van der Waals surface area contributed by atoms with Gasteiger partial charge in [0.05, 0.1) is 5.69 Å². The molecule has 6 heteroatoms. The predicted octanol–water partition coefficient (Wildman–Crippen LogP) is 1.42. The molecule has 0 aromatic carbocycles. The molecule has 1 atom stereocenters. The lowest BCUT2D eigenvalue weighted by Crippen LogP contribution is -2.38. The summed E-state index contributed by atoms with van der Waals surface area (Å²) in [6.07, 6.45) is -4.76. The van der Waals surface area contributed by atoms with Crippen molar-refractivity contribution in [2.24, 2.45) is 5.73 Å². The van der Waals surface area contributed by atoms with E-state index in [0.29, 0.717) is 5.69 Å². The molecule has 0 saturated heterocycles. The van der Waals surface area contributed by atoms with Crippen molar-refractivity contribution >= 4 is 0 Å². The molecule has 0 radical (unpaired) electrons. The lowest BCUT2D eigenvalue weighted by Gasteiger charge is -2.12. The highest BCUT2D eigenvalue weighted by atomic mass is 19.4. The Hall–Kier alpha value is -1.04. The van der Waals surface area contributed by atoms with E-state index >= 15 is 0 Å². The molecule has 74 valence electrons. The van der Waals surface area contributed by atoms with Crippen LogP contribution in [0.2, 0.25) is 0 Å². The molecular formula is C7H9F3N2O. The molecule has 0 spiro atoms. The Kier molecular flexibility index (Phi) is 2.60. The first-order valence-electron chi connectivity index (χ1n) is 3.64. The van der Waals surface area contributed by atoms with Gasteiger partial charge in [-0.05, 0) is 6.92 Å². The van der Waals surface area contributed by atoms with Crippen LogP contribution >= 0.6 is 0 Å². The zero-order valence-electron chi connectivity index (χ0n) is 6.93. The number of alkyl halides is 3. The highest BCUT2D eigenvalue weighted by Gasteiger charge is 2.37. The summed E-state index contributed by atoms with van der Waals surface area (Å²) in [6.45, 7) is 1.63. The van der Waals surface area contributed by atoms with Gasteiger partial charge in [-0.1, -0.05) is 5.16 Å². The van der Waals surface area contributed by atoms with Crippen LogP contribution in [0.25, 0.3) is 0 Å². The zero-order valence-corrected chi connectivity index (χ0v) is 6.93. The molecule has 1 aromatic heterocycles. The standard InChI is InChI=1S/C7H9F3N2O/c1-4-2-5(13-12-4)3-6(11)7(8,9)10/h2,6H,3,11H2,1H3. The maximum atomic E-state index is 12.0. The quantitative estimate of drug-likeness (QED) is 0.774. The number of nitrogens with zero attached hydrogens (tertiary/aromatic N) is 1. The van der Waals surface area contributed by atoms with Crippen LogP contribution in [0.15, 0.2) is 10.6 Å². The average molecular weight is 194 g/mol. The fourth-order valence-corrected chi connectivity index (χ4v) is 0.845. The Labute approximate surface area is 72.7 Å². The van der Waals surface area contributed by atoms with Crippen LogP contribution in [-0.2, 0) is 6.42 Å². The smallest absolute Gasteiger partial charge is 0.361 e. The molecule has 0 fully saturated rings. The van der Waals surface area contributed by atoms with E-state index in [1.807, 2.05) is 0 Å². The molecule has 0 saturated carbocycles. The number of aryl methyl sites for hydroxylation is 1. The van der Waals surface area contributed by atoms with Gasteiger partial charge in [-0.15, -0.1) is 0 Å². The van der Waals surface area contributed by atoms with E-state index < -0.39 is 12.2 Å². The minimum absolute atomic E-state index is 0.155. The van der Waals surface area contributed by atoms with Gasteiger partial charge >= 0.3 is 6.18 Å². The van der Waals surface area contributed by atoms with E-state index in [4.69, 9.17) is 5.73 Å². The van der Waals surface area contributed by atoms with Gasteiger partial charge in [0, 0.05) is 12.5 Å². The summed E-state index contributed by atoms with van der Waals surface area (Å²) in [7, 11) is 0. The number of nitrogens with two attached hydrogens (primary N) is 1. The SMILES string of the molecule is Cc1cc(CC(N)C(F)(F)F)on1.